The highest BCUT2D eigenvalue weighted by Gasteiger charge is 2.37. The Hall–Kier alpha value is -3.42. The fraction of sp³-hybridized carbons (Fsp3) is 0.261. The molecule has 0 fully saturated rings. The number of carbonyl (C=O) groups is 2. The van der Waals surface area contributed by atoms with Crippen molar-refractivity contribution in [3.63, 3.8) is 0 Å². The summed E-state index contributed by atoms with van der Waals surface area (Å²) in [7, 11) is 1.41. The van der Waals surface area contributed by atoms with Gasteiger partial charge in [-0.25, -0.2) is 4.98 Å². The molecule has 5 nitrogen and oxygen atoms in total. The molecule has 0 aliphatic carbocycles. The number of rotatable bonds is 2. The summed E-state index contributed by atoms with van der Waals surface area (Å²) in [6, 6.07) is 10.1. The highest BCUT2D eigenvalue weighted by molar-refractivity contribution is 6.26. The van der Waals surface area contributed by atoms with Gasteiger partial charge in [-0.15, -0.1) is 0 Å². The first-order valence-corrected chi connectivity index (χ1v) is 9.63. The van der Waals surface area contributed by atoms with E-state index in [9.17, 15) is 22.8 Å². The van der Waals surface area contributed by atoms with E-state index in [0.29, 0.717) is 27.7 Å². The van der Waals surface area contributed by atoms with Crippen molar-refractivity contribution < 1.29 is 22.8 Å². The summed E-state index contributed by atoms with van der Waals surface area (Å²) in [5.74, 6) is -0.459. The van der Waals surface area contributed by atoms with Crippen molar-refractivity contribution in [3.05, 3.63) is 59.3 Å². The zero-order valence-electron chi connectivity index (χ0n) is 17.4. The van der Waals surface area contributed by atoms with E-state index in [4.69, 9.17) is 0 Å². The van der Waals surface area contributed by atoms with Gasteiger partial charge in [-0.05, 0) is 50.1 Å². The van der Waals surface area contributed by atoms with Gasteiger partial charge in [0.05, 0.1) is 11.1 Å². The van der Waals surface area contributed by atoms with Crippen molar-refractivity contribution >= 4 is 28.4 Å². The molecule has 0 spiro atoms. The van der Waals surface area contributed by atoms with E-state index in [0.717, 1.165) is 17.0 Å². The summed E-state index contributed by atoms with van der Waals surface area (Å²) in [6.07, 6.45) is -4.41. The Kier molecular flexibility index (Phi) is 4.57. The van der Waals surface area contributed by atoms with Crippen molar-refractivity contribution in [3.8, 4) is 11.1 Å². The second-order valence-electron chi connectivity index (χ2n) is 8.56. The molecule has 8 heteroatoms. The van der Waals surface area contributed by atoms with Crippen LogP contribution in [0.15, 0.2) is 42.5 Å². The summed E-state index contributed by atoms with van der Waals surface area (Å²) >= 11 is 0. The molecule has 0 radical (unpaired) electrons. The lowest BCUT2D eigenvalue weighted by Crippen LogP contribution is -2.27. The van der Waals surface area contributed by atoms with Crippen molar-refractivity contribution in [1.82, 2.24) is 9.88 Å². The van der Waals surface area contributed by atoms with Crippen LogP contribution in [0.4, 0.5) is 19.0 Å². The molecular formula is C23H20F3N3O2. The van der Waals surface area contributed by atoms with Crippen LogP contribution in [-0.4, -0.2) is 34.3 Å². The minimum Gasteiger partial charge on any atom is -0.365 e. The van der Waals surface area contributed by atoms with Gasteiger partial charge in [-0.2, -0.15) is 13.2 Å². The Morgan fingerprint density at radius 1 is 0.871 bits per heavy atom. The number of anilines is 1. The third-order valence-electron chi connectivity index (χ3n) is 5.07. The molecule has 1 N–H and O–H groups in total. The maximum atomic E-state index is 12.9. The first kappa shape index (κ1) is 20.8. The van der Waals surface area contributed by atoms with E-state index in [-0.39, 0.29) is 16.8 Å². The van der Waals surface area contributed by atoms with Gasteiger partial charge in [-0.3, -0.25) is 14.5 Å². The van der Waals surface area contributed by atoms with Gasteiger partial charge < -0.3 is 5.32 Å². The van der Waals surface area contributed by atoms with Crippen LogP contribution in [0.1, 0.15) is 47.2 Å². The van der Waals surface area contributed by atoms with Crippen LogP contribution in [0.3, 0.4) is 0 Å². The lowest BCUT2D eigenvalue weighted by atomic mass is 9.97. The molecular weight excluding hydrogens is 407 g/mol. The first-order chi connectivity index (χ1) is 14.4. The van der Waals surface area contributed by atoms with Crippen molar-refractivity contribution in [2.75, 3.05) is 12.4 Å². The molecule has 1 aliphatic heterocycles. The van der Waals surface area contributed by atoms with Gasteiger partial charge >= 0.3 is 6.18 Å². The fourth-order valence-corrected chi connectivity index (χ4v) is 3.59. The molecule has 160 valence electrons. The quantitative estimate of drug-likeness (QED) is 0.560. The van der Waals surface area contributed by atoms with Crippen molar-refractivity contribution in [2.45, 2.75) is 32.5 Å². The maximum Gasteiger partial charge on any atom is 0.416 e. The largest absolute Gasteiger partial charge is 0.416 e. The third kappa shape index (κ3) is 3.62. The number of fused-ring (bicyclic) bond motifs is 3. The number of amides is 2. The van der Waals surface area contributed by atoms with Gasteiger partial charge in [-0.1, -0.05) is 24.3 Å². The van der Waals surface area contributed by atoms with E-state index in [1.54, 1.807) is 18.2 Å². The minimum absolute atomic E-state index is 0.0917. The summed E-state index contributed by atoms with van der Waals surface area (Å²) < 4.78 is 38.7. The standard InChI is InChI=1S/C23H20F3N3O2/c1-22(2,3)28-19-16-11-13(12-5-8-14(9-6-12)23(24,25)26)7-10-15(16)17-18(27-19)21(31)29(4)20(17)30/h5-11H,1-4H3,(H,27,28). The number of carbonyl (C=O) groups excluding carboxylic acids is 2. The fourth-order valence-electron chi connectivity index (χ4n) is 3.59. The highest BCUT2D eigenvalue weighted by Crippen LogP contribution is 2.37. The summed E-state index contributed by atoms with van der Waals surface area (Å²) in [4.78, 5) is 30.6. The number of halogens is 3. The summed E-state index contributed by atoms with van der Waals surface area (Å²) in [5.41, 5.74) is 0.492. The molecule has 1 aliphatic rings. The molecule has 3 aromatic rings. The number of imide groups is 1. The van der Waals surface area contributed by atoms with Gasteiger partial charge in [0, 0.05) is 23.4 Å². The van der Waals surface area contributed by atoms with Gasteiger partial charge in [0.1, 0.15) is 11.5 Å². The molecule has 0 bridgehead atoms. The average Bonchev–Trinajstić information content (AvgIpc) is 2.90. The number of nitrogens with one attached hydrogen (secondary N) is 1. The highest BCUT2D eigenvalue weighted by atomic mass is 19.4. The monoisotopic (exact) mass is 427 g/mol. The van der Waals surface area contributed by atoms with E-state index >= 15 is 0 Å². The molecule has 0 atom stereocenters. The Labute approximate surface area is 176 Å². The van der Waals surface area contributed by atoms with Crippen LogP contribution in [-0.2, 0) is 6.18 Å². The van der Waals surface area contributed by atoms with E-state index in [2.05, 4.69) is 10.3 Å². The van der Waals surface area contributed by atoms with Crippen LogP contribution in [0.5, 0.6) is 0 Å². The lowest BCUT2D eigenvalue weighted by molar-refractivity contribution is -0.137. The molecule has 31 heavy (non-hydrogen) atoms. The summed E-state index contributed by atoms with van der Waals surface area (Å²) in [5, 5.41) is 4.45. The summed E-state index contributed by atoms with van der Waals surface area (Å²) in [6.45, 7) is 5.81. The van der Waals surface area contributed by atoms with Crippen LogP contribution in [0.2, 0.25) is 0 Å². The molecule has 4 rings (SSSR count). The number of hydrogen-bond donors (Lipinski definition) is 1. The van der Waals surface area contributed by atoms with E-state index < -0.39 is 23.6 Å². The maximum absolute atomic E-state index is 12.9. The van der Waals surface area contributed by atoms with Crippen molar-refractivity contribution in [2.24, 2.45) is 0 Å². The van der Waals surface area contributed by atoms with Crippen LogP contribution >= 0.6 is 0 Å². The van der Waals surface area contributed by atoms with E-state index in [1.165, 1.54) is 19.2 Å². The Balaban J connectivity index is 1.92. The first-order valence-electron chi connectivity index (χ1n) is 9.63. The number of hydrogen-bond acceptors (Lipinski definition) is 4. The van der Waals surface area contributed by atoms with Crippen LogP contribution in [0, 0.1) is 0 Å². The lowest BCUT2D eigenvalue weighted by Gasteiger charge is -2.23. The molecule has 2 amide bonds. The van der Waals surface area contributed by atoms with E-state index in [1.807, 2.05) is 20.8 Å². The number of alkyl halides is 3. The Morgan fingerprint density at radius 2 is 1.48 bits per heavy atom. The number of pyridine rings is 1. The molecule has 1 aromatic heterocycles. The molecule has 0 saturated heterocycles. The van der Waals surface area contributed by atoms with Gasteiger partial charge in [0.25, 0.3) is 11.8 Å². The molecule has 2 aromatic carbocycles. The van der Waals surface area contributed by atoms with Crippen LogP contribution < -0.4 is 5.32 Å². The molecule has 0 unspecified atom stereocenters. The average molecular weight is 427 g/mol. The number of benzene rings is 2. The zero-order chi connectivity index (χ0) is 22.7. The minimum atomic E-state index is -4.41. The predicted molar refractivity (Wildman–Crippen MR) is 112 cm³/mol. The molecule has 0 saturated carbocycles. The topological polar surface area (TPSA) is 62.3 Å². The van der Waals surface area contributed by atoms with Crippen LogP contribution in [0.25, 0.3) is 21.9 Å². The third-order valence-corrected chi connectivity index (χ3v) is 5.07. The Bertz CT molecular complexity index is 1230. The number of nitrogens with zero attached hydrogens (tertiary/aromatic N) is 2. The second kappa shape index (κ2) is 6.80. The predicted octanol–water partition coefficient (Wildman–Crippen LogP) is 5.36. The van der Waals surface area contributed by atoms with Gasteiger partial charge in [0.15, 0.2) is 0 Å². The molecule has 2 heterocycles. The normalized spacial score (nSPS) is 14.4. The number of aromatic nitrogens is 1. The zero-order valence-corrected chi connectivity index (χ0v) is 17.4. The SMILES string of the molecule is CN1C(=O)c2nc(NC(C)(C)C)c3cc(-c4ccc(C(F)(F)F)cc4)ccc3c2C1=O. The second-order valence-corrected chi connectivity index (χ2v) is 8.56. The Morgan fingerprint density at radius 3 is 2.06 bits per heavy atom. The van der Waals surface area contributed by atoms with Crippen molar-refractivity contribution in [1.29, 1.82) is 0 Å². The smallest absolute Gasteiger partial charge is 0.365 e. The van der Waals surface area contributed by atoms with Gasteiger partial charge in [0.2, 0.25) is 0 Å².